The first-order valence-corrected chi connectivity index (χ1v) is 12.1. The van der Waals surface area contributed by atoms with Crippen LogP contribution in [-0.4, -0.2) is 58.4 Å². The Bertz CT molecular complexity index is 1210. The third-order valence-electron chi connectivity index (χ3n) is 7.16. The molecule has 7 nitrogen and oxygen atoms in total. The molecule has 0 aliphatic carbocycles. The lowest BCUT2D eigenvalue weighted by atomic mass is 9.96. The molecule has 3 atom stereocenters. The number of aryl methyl sites for hydroxylation is 2. The van der Waals surface area contributed by atoms with Crippen LogP contribution in [0.25, 0.3) is 11.3 Å². The quantitative estimate of drug-likeness (QED) is 0.594. The van der Waals surface area contributed by atoms with E-state index in [1.54, 1.807) is 0 Å². The van der Waals surface area contributed by atoms with Crippen LogP contribution in [0.1, 0.15) is 47.7 Å². The Morgan fingerprint density at radius 3 is 2.76 bits per heavy atom. The minimum atomic E-state index is -1.02. The standard InChI is InChI=1S/C26H34FN7/c1-16-8-9-22(29-4)19(11-16)18(3)33-10-6-5-7-24(33)23-12-25-30-26(17(2)13-34(25)31-23)32-14-20(27)21(28)15-32/h8-9,11-13,20-21,24,29H,3,5-7,10,14-15,28H2,1-2,4H3/t20?,21?,24-/m0/s1. The summed E-state index contributed by atoms with van der Waals surface area (Å²) < 4.78 is 15.9. The number of fused-ring (bicyclic) bond motifs is 1. The highest BCUT2D eigenvalue weighted by molar-refractivity contribution is 5.75. The van der Waals surface area contributed by atoms with Gasteiger partial charge in [0.1, 0.15) is 12.0 Å². The smallest absolute Gasteiger partial charge is 0.157 e. The molecule has 3 aromatic rings. The Kier molecular flexibility index (Phi) is 5.93. The van der Waals surface area contributed by atoms with Crippen molar-refractivity contribution in [3.63, 3.8) is 0 Å². The molecule has 3 N–H and O–H groups in total. The molecule has 0 bridgehead atoms. The Morgan fingerprint density at radius 1 is 1.21 bits per heavy atom. The predicted molar refractivity (Wildman–Crippen MR) is 136 cm³/mol. The second-order valence-electron chi connectivity index (χ2n) is 9.66. The maximum atomic E-state index is 14.1. The monoisotopic (exact) mass is 463 g/mol. The molecule has 0 saturated carbocycles. The number of alkyl halides is 1. The molecule has 0 amide bonds. The minimum absolute atomic E-state index is 0.132. The number of aromatic nitrogens is 3. The number of rotatable bonds is 5. The zero-order valence-corrected chi connectivity index (χ0v) is 20.3. The Labute approximate surface area is 200 Å². The van der Waals surface area contributed by atoms with E-state index in [4.69, 9.17) is 15.8 Å². The van der Waals surface area contributed by atoms with Crippen molar-refractivity contribution >= 4 is 22.8 Å². The van der Waals surface area contributed by atoms with Gasteiger partial charge in [0.15, 0.2) is 5.65 Å². The van der Waals surface area contributed by atoms with Gasteiger partial charge in [0, 0.05) is 54.9 Å². The molecule has 180 valence electrons. The molecule has 1 aromatic carbocycles. The van der Waals surface area contributed by atoms with Crippen LogP contribution in [0, 0.1) is 13.8 Å². The largest absolute Gasteiger partial charge is 0.388 e. The van der Waals surface area contributed by atoms with Gasteiger partial charge in [0.2, 0.25) is 0 Å². The number of hydrogen-bond acceptors (Lipinski definition) is 6. The molecule has 2 aliphatic heterocycles. The van der Waals surface area contributed by atoms with E-state index in [0.717, 1.165) is 65.5 Å². The summed E-state index contributed by atoms with van der Waals surface area (Å²) in [5, 5.41) is 8.23. The van der Waals surface area contributed by atoms with Crippen LogP contribution in [-0.2, 0) is 0 Å². The lowest BCUT2D eigenvalue weighted by molar-refractivity contribution is 0.226. The molecule has 4 heterocycles. The average molecular weight is 464 g/mol. The van der Waals surface area contributed by atoms with Crippen LogP contribution in [0.5, 0.6) is 0 Å². The summed E-state index contributed by atoms with van der Waals surface area (Å²) in [6, 6.07) is 8.15. The third-order valence-corrected chi connectivity index (χ3v) is 7.16. The highest BCUT2D eigenvalue weighted by atomic mass is 19.1. The molecule has 2 saturated heterocycles. The van der Waals surface area contributed by atoms with Crippen molar-refractivity contribution in [1.82, 2.24) is 19.5 Å². The Morgan fingerprint density at radius 2 is 2.03 bits per heavy atom. The van der Waals surface area contributed by atoms with E-state index in [0.29, 0.717) is 6.54 Å². The van der Waals surface area contributed by atoms with Crippen LogP contribution in [0.15, 0.2) is 37.0 Å². The van der Waals surface area contributed by atoms with Crippen molar-refractivity contribution < 1.29 is 4.39 Å². The van der Waals surface area contributed by atoms with Gasteiger partial charge in [-0.25, -0.2) is 13.9 Å². The van der Waals surface area contributed by atoms with Crippen molar-refractivity contribution in [2.75, 3.05) is 36.9 Å². The van der Waals surface area contributed by atoms with Gasteiger partial charge in [-0.05, 0) is 45.2 Å². The van der Waals surface area contributed by atoms with E-state index in [1.807, 2.05) is 29.6 Å². The number of likely N-dealkylation sites (tertiary alicyclic amines) is 1. The second-order valence-corrected chi connectivity index (χ2v) is 9.66. The highest BCUT2D eigenvalue weighted by Gasteiger charge is 2.32. The van der Waals surface area contributed by atoms with Crippen molar-refractivity contribution in [3.05, 3.63) is 59.4 Å². The van der Waals surface area contributed by atoms with Crippen LogP contribution in [0.4, 0.5) is 15.9 Å². The normalized spacial score (nSPS) is 23.0. The second kappa shape index (κ2) is 8.91. The van der Waals surface area contributed by atoms with Crippen LogP contribution >= 0.6 is 0 Å². The van der Waals surface area contributed by atoms with E-state index in [2.05, 4.69) is 48.0 Å². The van der Waals surface area contributed by atoms with Crippen LogP contribution in [0.3, 0.4) is 0 Å². The maximum absolute atomic E-state index is 14.1. The van der Waals surface area contributed by atoms with Gasteiger partial charge < -0.3 is 20.9 Å². The average Bonchev–Trinajstić information content (AvgIpc) is 3.40. The van der Waals surface area contributed by atoms with Crippen molar-refractivity contribution in [3.8, 4) is 0 Å². The number of anilines is 2. The van der Waals surface area contributed by atoms with Crippen molar-refractivity contribution in [2.45, 2.75) is 51.4 Å². The predicted octanol–water partition coefficient (Wildman–Crippen LogP) is 4.07. The molecule has 5 rings (SSSR count). The first kappa shape index (κ1) is 22.7. The molecule has 2 aromatic heterocycles. The van der Waals surface area contributed by atoms with E-state index in [9.17, 15) is 4.39 Å². The number of halogens is 1. The lowest BCUT2D eigenvalue weighted by Gasteiger charge is -2.38. The van der Waals surface area contributed by atoms with Gasteiger partial charge in [-0.15, -0.1) is 0 Å². The van der Waals surface area contributed by atoms with E-state index < -0.39 is 12.2 Å². The molecule has 2 aliphatic rings. The van der Waals surface area contributed by atoms with Crippen molar-refractivity contribution in [1.29, 1.82) is 0 Å². The topological polar surface area (TPSA) is 74.7 Å². The van der Waals surface area contributed by atoms with Gasteiger partial charge in [-0.1, -0.05) is 18.2 Å². The fourth-order valence-electron chi connectivity index (χ4n) is 5.30. The van der Waals surface area contributed by atoms with Crippen molar-refractivity contribution in [2.24, 2.45) is 5.73 Å². The zero-order valence-electron chi connectivity index (χ0n) is 20.3. The van der Waals surface area contributed by atoms with Crippen LogP contribution < -0.4 is 16.0 Å². The van der Waals surface area contributed by atoms with Gasteiger partial charge in [0.25, 0.3) is 0 Å². The number of hydrogen-bond donors (Lipinski definition) is 2. The Balaban J connectivity index is 1.48. The third kappa shape index (κ3) is 4.00. The SMILES string of the molecule is C=C(c1cc(C)ccc1NC)N1CCCC[C@H]1c1cc2nc(N3CC(N)C(F)C3)c(C)cn2n1. The number of nitrogens with zero attached hydrogens (tertiary/aromatic N) is 5. The number of piperidine rings is 1. The lowest BCUT2D eigenvalue weighted by Crippen LogP contribution is -2.32. The summed E-state index contributed by atoms with van der Waals surface area (Å²) in [4.78, 5) is 9.20. The molecule has 0 radical (unpaired) electrons. The first-order valence-electron chi connectivity index (χ1n) is 12.1. The molecule has 2 fully saturated rings. The summed E-state index contributed by atoms with van der Waals surface area (Å²) in [6.07, 6.45) is 4.25. The zero-order chi connectivity index (χ0) is 24.0. The van der Waals surface area contributed by atoms with Gasteiger partial charge in [-0.3, -0.25) is 0 Å². The minimum Gasteiger partial charge on any atom is -0.388 e. The summed E-state index contributed by atoms with van der Waals surface area (Å²) in [7, 11) is 1.95. The first-order chi connectivity index (χ1) is 16.4. The van der Waals surface area contributed by atoms with Gasteiger partial charge in [0.05, 0.1) is 24.3 Å². The fraction of sp³-hybridized carbons (Fsp3) is 0.462. The molecule has 0 spiro atoms. The summed E-state index contributed by atoms with van der Waals surface area (Å²) in [5.41, 5.74) is 13.1. The molecule has 2 unspecified atom stereocenters. The summed E-state index contributed by atoms with van der Waals surface area (Å²) in [6.45, 7) is 10.3. The molecule has 8 heteroatoms. The number of nitrogens with one attached hydrogen (secondary N) is 1. The number of benzene rings is 1. The van der Waals surface area contributed by atoms with E-state index in [1.165, 1.54) is 5.56 Å². The van der Waals surface area contributed by atoms with E-state index >= 15 is 0 Å². The highest BCUT2D eigenvalue weighted by Crippen LogP contribution is 2.38. The van der Waals surface area contributed by atoms with Crippen LogP contribution in [0.2, 0.25) is 0 Å². The van der Waals surface area contributed by atoms with E-state index in [-0.39, 0.29) is 12.6 Å². The molecular formula is C26H34FN7. The molecular weight excluding hydrogens is 429 g/mol. The fourth-order valence-corrected chi connectivity index (χ4v) is 5.30. The molecule has 34 heavy (non-hydrogen) atoms. The Hall–Kier alpha value is -3.13. The maximum Gasteiger partial charge on any atom is 0.157 e. The number of nitrogens with two attached hydrogens (primary N) is 1. The van der Waals surface area contributed by atoms with Gasteiger partial charge >= 0.3 is 0 Å². The van der Waals surface area contributed by atoms with Gasteiger partial charge in [-0.2, -0.15) is 5.10 Å². The summed E-state index contributed by atoms with van der Waals surface area (Å²) in [5.74, 6) is 0.790. The summed E-state index contributed by atoms with van der Waals surface area (Å²) >= 11 is 0.